The zero-order valence-electron chi connectivity index (χ0n) is 12.2. The monoisotopic (exact) mass is 305 g/mol. The third kappa shape index (κ3) is 5.19. The van der Waals surface area contributed by atoms with E-state index in [2.05, 4.69) is 11.8 Å². The number of morpholine rings is 1. The van der Waals surface area contributed by atoms with Gasteiger partial charge in [0.05, 0.1) is 19.8 Å². The molecular weight excluding hydrogens is 285 g/mol. The van der Waals surface area contributed by atoms with Crippen molar-refractivity contribution in [3.63, 3.8) is 0 Å². The molecule has 19 heavy (non-hydrogen) atoms. The number of hydrogen-bond acceptors (Lipinski definition) is 3. The average Bonchev–Trinajstić information content (AvgIpc) is 2.39. The number of benzene rings is 1. The van der Waals surface area contributed by atoms with Crippen LogP contribution in [0.15, 0.2) is 18.2 Å². The molecule has 0 saturated carbocycles. The predicted molar refractivity (Wildman–Crippen MR) is 74.4 cm³/mol. The summed E-state index contributed by atoms with van der Waals surface area (Å²) in [6.45, 7) is 7.30. The van der Waals surface area contributed by atoms with E-state index < -0.39 is 0 Å². The van der Waals surface area contributed by atoms with Gasteiger partial charge < -0.3 is 21.9 Å². The minimum Gasteiger partial charge on any atom is -1.00 e. The highest BCUT2D eigenvalue weighted by Gasteiger charge is 2.13. The van der Waals surface area contributed by atoms with Crippen molar-refractivity contribution in [2.45, 2.75) is 19.9 Å². The molecule has 0 spiro atoms. The molecule has 2 rings (SSSR count). The highest BCUT2D eigenvalue weighted by molar-refractivity contribution is 6.30. The van der Waals surface area contributed by atoms with Crippen molar-refractivity contribution in [3.05, 3.63) is 28.8 Å². The van der Waals surface area contributed by atoms with Crippen LogP contribution in [0.25, 0.3) is 0 Å². The van der Waals surface area contributed by atoms with Crippen molar-refractivity contribution in [1.82, 2.24) is 4.90 Å². The fraction of sp³-hybridized carbons (Fsp3) is 0.571. The van der Waals surface area contributed by atoms with Gasteiger partial charge in [0.1, 0.15) is 5.75 Å². The molecular formula is C14H21Cl2NO2. The first-order chi connectivity index (χ1) is 8.79. The Hall–Kier alpha value is -0.480. The van der Waals surface area contributed by atoms with Gasteiger partial charge in [-0.05, 0) is 24.6 Å². The predicted octanol–water partition coefficient (Wildman–Crippen LogP) is 0.0775. The van der Waals surface area contributed by atoms with E-state index in [0.717, 1.165) is 62.2 Å². The molecule has 0 bridgehead atoms. The summed E-state index contributed by atoms with van der Waals surface area (Å²) in [5, 5.41) is 0.766. The maximum Gasteiger partial charge on any atom is 1.00 e. The molecule has 108 valence electrons. The topological polar surface area (TPSA) is 21.7 Å². The molecule has 1 saturated heterocycles. The van der Waals surface area contributed by atoms with Crippen LogP contribution in [0.1, 0.15) is 20.3 Å². The zero-order chi connectivity index (χ0) is 12.8. The minimum absolute atomic E-state index is 0. The van der Waals surface area contributed by atoms with Crippen LogP contribution >= 0.6 is 11.6 Å². The maximum atomic E-state index is 6.07. The van der Waals surface area contributed by atoms with Gasteiger partial charge in [0.15, 0.2) is 0 Å². The summed E-state index contributed by atoms with van der Waals surface area (Å²) in [7, 11) is 0. The van der Waals surface area contributed by atoms with E-state index in [1.54, 1.807) is 0 Å². The van der Waals surface area contributed by atoms with Crippen LogP contribution < -0.4 is 17.1 Å². The lowest BCUT2D eigenvalue weighted by Crippen LogP contribution is -3.00. The quantitative estimate of drug-likeness (QED) is 0.769. The van der Waals surface area contributed by atoms with E-state index >= 15 is 0 Å². The van der Waals surface area contributed by atoms with Crippen molar-refractivity contribution in [3.8, 4) is 5.75 Å². The summed E-state index contributed by atoms with van der Waals surface area (Å²) in [4.78, 5) is 2.37. The van der Waals surface area contributed by atoms with Gasteiger partial charge in [0.2, 0.25) is 0 Å². The Balaban J connectivity index is 0.00000180. The van der Waals surface area contributed by atoms with Crippen LogP contribution in [0, 0.1) is 0 Å². The Morgan fingerprint density at radius 3 is 2.79 bits per heavy atom. The molecule has 0 aromatic heterocycles. The lowest BCUT2D eigenvalue weighted by atomic mass is 10.2. The molecule has 0 N–H and O–H groups in total. The molecule has 1 aromatic carbocycles. The Kier molecular flexibility index (Phi) is 7.54. The van der Waals surface area contributed by atoms with Gasteiger partial charge >= 0.3 is 1.43 Å². The fourth-order valence-corrected chi connectivity index (χ4v) is 2.22. The average molecular weight is 306 g/mol. The Morgan fingerprint density at radius 1 is 1.37 bits per heavy atom. The first kappa shape index (κ1) is 16.6. The Bertz CT molecular complexity index is 387. The van der Waals surface area contributed by atoms with Crippen molar-refractivity contribution in [1.29, 1.82) is 0 Å². The summed E-state index contributed by atoms with van der Waals surface area (Å²) >= 11 is 6.07. The van der Waals surface area contributed by atoms with Crippen LogP contribution in [-0.2, 0) is 11.3 Å². The van der Waals surface area contributed by atoms with Crippen LogP contribution in [0.5, 0.6) is 5.75 Å². The fourth-order valence-electron chi connectivity index (χ4n) is 2.02. The lowest BCUT2D eigenvalue weighted by molar-refractivity contribution is -0.00000595. The van der Waals surface area contributed by atoms with Crippen LogP contribution in [0.3, 0.4) is 0 Å². The van der Waals surface area contributed by atoms with Crippen molar-refractivity contribution < 1.29 is 23.3 Å². The first-order valence-electron chi connectivity index (χ1n) is 6.51. The van der Waals surface area contributed by atoms with Crippen LogP contribution in [-0.4, -0.2) is 37.8 Å². The highest BCUT2D eigenvalue weighted by atomic mass is 35.5. The highest BCUT2D eigenvalue weighted by Crippen LogP contribution is 2.24. The lowest BCUT2D eigenvalue weighted by Gasteiger charge is -2.27. The Labute approximate surface area is 127 Å². The molecule has 1 fully saturated rings. The van der Waals surface area contributed by atoms with Crippen molar-refractivity contribution in [2.75, 3.05) is 32.9 Å². The van der Waals surface area contributed by atoms with E-state index in [1.165, 1.54) is 0 Å². The van der Waals surface area contributed by atoms with Crippen LogP contribution in [0.2, 0.25) is 5.02 Å². The van der Waals surface area contributed by atoms with Crippen molar-refractivity contribution >= 4 is 11.6 Å². The van der Waals surface area contributed by atoms with Crippen molar-refractivity contribution in [2.24, 2.45) is 0 Å². The smallest absolute Gasteiger partial charge is 1.00 e. The summed E-state index contributed by atoms with van der Waals surface area (Å²) in [5.74, 6) is 0.952. The normalized spacial score (nSPS) is 15.9. The van der Waals surface area contributed by atoms with Gasteiger partial charge in [-0.25, -0.2) is 0 Å². The summed E-state index contributed by atoms with van der Waals surface area (Å²) in [5.41, 5.74) is 1.16. The van der Waals surface area contributed by atoms with Crippen LogP contribution in [0.4, 0.5) is 0 Å². The minimum atomic E-state index is 0. The molecule has 3 nitrogen and oxygen atoms in total. The molecule has 0 unspecified atom stereocenters. The zero-order valence-corrected chi connectivity index (χ0v) is 12.7. The Morgan fingerprint density at radius 2 is 2.11 bits per heavy atom. The first-order valence-corrected chi connectivity index (χ1v) is 6.88. The number of halogens is 2. The number of rotatable bonds is 5. The third-order valence-corrected chi connectivity index (χ3v) is 3.22. The molecule has 5 heteroatoms. The van der Waals surface area contributed by atoms with Gasteiger partial charge in [-0.3, -0.25) is 4.90 Å². The van der Waals surface area contributed by atoms with E-state index in [9.17, 15) is 0 Å². The SMILES string of the molecule is CCCOc1ccc(Cl)cc1CN1CCOCC1.[Cl-].[H+]. The molecule has 1 aromatic rings. The maximum absolute atomic E-state index is 6.07. The molecule has 0 amide bonds. The van der Waals surface area contributed by atoms with Gasteiger partial charge in [0, 0.05) is 30.2 Å². The summed E-state index contributed by atoms with van der Waals surface area (Å²) in [6.07, 6.45) is 1.01. The standard InChI is InChI=1S/C14H20ClNO2.ClH/c1-2-7-18-14-4-3-13(15)10-12(14)11-16-5-8-17-9-6-16;/h3-4,10H,2,5-9,11H2,1H3;1H. The summed E-state index contributed by atoms with van der Waals surface area (Å²) in [6, 6.07) is 5.85. The molecule has 1 aliphatic rings. The largest absolute Gasteiger partial charge is 1.00 e. The molecule has 1 heterocycles. The third-order valence-electron chi connectivity index (χ3n) is 2.98. The van der Waals surface area contributed by atoms with Gasteiger partial charge in [-0.1, -0.05) is 18.5 Å². The van der Waals surface area contributed by atoms with E-state index in [-0.39, 0.29) is 13.8 Å². The second-order valence-electron chi connectivity index (χ2n) is 4.49. The van der Waals surface area contributed by atoms with Gasteiger partial charge in [-0.2, -0.15) is 0 Å². The summed E-state index contributed by atoms with van der Waals surface area (Å²) < 4.78 is 11.1. The number of ether oxygens (including phenoxy) is 2. The van der Waals surface area contributed by atoms with Gasteiger partial charge in [0.25, 0.3) is 0 Å². The van der Waals surface area contributed by atoms with Gasteiger partial charge in [-0.15, -0.1) is 0 Å². The molecule has 0 radical (unpaired) electrons. The number of nitrogens with zero attached hydrogens (tertiary/aromatic N) is 1. The molecule has 1 aliphatic heterocycles. The van der Waals surface area contributed by atoms with E-state index in [1.807, 2.05) is 18.2 Å². The second kappa shape index (κ2) is 8.64. The van der Waals surface area contributed by atoms with E-state index in [0.29, 0.717) is 0 Å². The van der Waals surface area contributed by atoms with E-state index in [4.69, 9.17) is 21.1 Å². The number of hydrogen-bond donors (Lipinski definition) is 0. The second-order valence-corrected chi connectivity index (χ2v) is 4.93. The molecule has 0 aliphatic carbocycles. The molecule has 0 atom stereocenters.